The minimum atomic E-state index is -0.615. The van der Waals surface area contributed by atoms with Crippen LogP contribution in [0.4, 0.5) is 5.69 Å². The number of allylic oxidation sites excluding steroid dienone is 1. The van der Waals surface area contributed by atoms with Crippen molar-refractivity contribution >= 4 is 17.5 Å². The first-order chi connectivity index (χ1) is 13.9. The van der Waals surface area contributed by atoms with Crippen molar-refractivity contribution in [1.29, 1.82) is 0 Å². The Morgan fingerprint density at radius 1 is 1.21 bits per heavy atom. The molecule has 3 rings (SSSR count). The first-order valence-electron chi connectivity index (χ1n) is 9.98. The van der Waals surface area contributed by atoms with E-state index in [0.717, 1.165) is 30.6 Å². The van der Waals surface area contributed by atoms with Crippen LogP contribution in [0.2, 0.25) is 0 Å². The number of fused-ring (bicyclic) bond motifs is 1. The second-order valence-corrected chi connectivity index (χ2v) is 7.65. The molecule has 0 spiro atoms. The number of anilines is 1. The van der Waals surface area contributed by atoms with Gasteiger partial charge in [-0.05, 0) is 47.8 Å². The summed E-state index contributed by atoms with van der Waals surface area (Å²) in [5.74, 6) is -0.205. The van der Waals surface area contributed by atoms with Crippen molar-refractivity contribution in [3.05, 3.63) is 65.8 Å². The summed E-state index contributed by atoms with van der Waals surface area (Å²) in [4.78, 5) is 28.0. The zero-order valence-corrected chi connectivity index (χ0v) is 17.0. The van der Waals surface area contributed by atoms with Crippen molar-refractivity contribution in [3.8, 4) is 0 Å². The van der Waals surface area contributed by atoms with Crippen molar-refractivity contribution in [3.63, 3.8) is 0 Å². The summed E-state index contributed by atoms with van der Waals surface area (Å²) in [6.07, 6.45) is 4.72. The van der Waals surface area contributed by atoms with Gasteiger partial charge in [-0.1, -0.05) is 25.3 Å². The molecule has 154 valence electrons. The van der Waals surface area contributed by atoms with Crippen LogP contribution in [0.15, 0.2) is 54.7 Å². The van der Waals surface area contributed by atoms with Gasteiger partial charge >= 0.3 is 0 Å². The normalized spacial score (nSPS) is 18.3. The number of carbonyl (C=O) groups excluding carboxylic acids is 2. The Morgan fingerprint density at radius 3 is 2.66 bits per heavy atom. The smallest absolute Gasteiger partial charge is 0.254 e. The standard InChI is InChI=1S/C23H29N3O3/c1-4-17-8-10-25(13-18(17)5-2)14-21(28)15-26-11-9-19-12-20(24-16(3)27)6-7-22(19)23(26)29/h4-7,12,21,28H,1-2,8-11,13-15H2,3H3,(H,24,27). The summed E-state index contributed by atoms with van der Waals surface area (Å²) in [5, 5.41) is 13.3. The third-order valence-electron chi connectivity index (χ3n) is 5.49. The lowest BCUT2D eigenvalue weighted by molar-refractivity contribution is -0.114. The van der Waals surface area contributed by atoms with Crippen molar-refractivity contribution in [1.82, 2.24) is 9.80 Å². The molecule has 0 bridgehead atoms. The molecule has 29 heavy (non-hydrogen) atoms. The maximum atomic E-state index is 12.8. The van der Waals surface area contributed by atoms with Gasteiger partial charge in [0.05, 0.1) is 6.10 Å². The molecule has 1 aromatic rings. The zero-order valence-electron chi connectivity index (χ0n) is 17.0. The SMILES string of the molecule is C=CC1=C(C=C)CN(CC(O)CN2CCc3cc(NC(C)=O)ccc3C2=O)CC1. The third-order valence-corrected chi connectivity index (χ3v) is 5.49. The van der Waals surface area contributed by atoms with Gasteiger partial charge in [0.25, 0.3) is 5.91 Å². The Kier molecular flexibility index (Phi) is 6.67. The molecular formula is C23H29N3O3. The summed E-state index contributed by atoms with van der Waals surface area (Å²) in [6.45, 7) is 12.2. The van der Waals surface area contributed by atoms with Crippen LogP contribution in [-0.2, 0) is 11.2 Å². The number of nitrogens with zero attached hydrogens (tertiary/aromatic N) is 2. The van der Waals surface area contributed by atoms with Crippen LogP contribution in [0.5, 0.6) is 0 Å². The molecule has 0 saturated carbocycles. The highest BCUT2D eigenvalue weighted by Gasteiger charge is 2.27. The topological polar surface area (TPSA) is 72.9 Å². The fraction of sp³-hybridized carbons (Fsp3) is 0.391. The van der Waals surface area contributed by atoms with Crippen LogP contribution in [0.3, 0.4) is 0 Å². The fourth-order valence-electron chi connectivity index (χ4n) is 4.05. The molecule has 2 amide bonds. The molecule has 1 aromatic carbocycles. The Morgan fingerprint density at radius 2 is 1.97 bits per heavy atom. The Labute approximate surface area is 172 Å². The number of aliphatic hydroxyl groups is 1. The molecule has 2 aliphatic heterocycles. The molecule has 6 nitrogen and oxygen atoms in total. The van der Waals surface area contributed by atoms with Crippen LogP contribution in [0, 0.1) is 0 Å². The van der Waals surface area contributed by atoms with E-state index in [9.17, 15) is 14.7 Å². The zero-order chi connectivity index (χ0) is 21.0. The van der Waals surface area contributed by atoms with Crippen molar-refractivity contribution in [2.24, 2.45) is 0 Å². The highest BCUT2D eigenvalue weighted by molar-refractivity contribution is 5.98. The number of amides is 2. The largest absolute Gasteiger partial charge is 0.390 e. The summed E-state index contributed by atoms with van der Waals surface area (Å²) in [5.41, 5.74) is 4.64. The predicted molar refractivity (Wildman–Crippen MR) is 115 cm³/mol. The highest BCUT2D eigenvalue weighted by atomic mass is 16.3. The quantitative estimate of drug-likeness (QED) is 0.744. The third kappa shape index (κ3) is 5.02. The van der Waals surface area contributed by atoms with Crippen molar-refractivity contribution < 1.29 is 14.7 Å². The average Bonchev–Trinajstić information content (AvgIpc) is 2.69. The van der Waals surface area contributed by atoms with Crippen LogP contribution >= 0.6 is 0 Å². The van der Waals surface area contributed by atoms with Crippen molar-refractivity contribution in [2.45, 2.75) is 25.9 Å². The lowest BCUT2D eigenvalue weighted by atomic mass is 9.97. The first kappa shape index (κ1) is 21.0. The Bertz CT molecular complexity index is 859. The van der Waals surface area contributed by atoms with E-state index in [4.69, 9.17) is 0 Å². The summed E-state index contributed by atoms with van der Waals surface area (Å²) >= 11 is 0. The van der Waals surface area contributed by atoms with Crippen LogP contribution in [0.25, 0.3) is 0 Å². The van der Waals surface area contributed by atoms with E-state index in [1.807, 2.05) is 18.2 Å². The summed E-state index contributed by atoms with van der Waals surface area (Å²) in [6, 6.07) is 5.35. The Hall–Kier alpha value is -2.70. The van der Waals surface area contributed by atoms with E-state index in [2.05, 4.69) is 23.4 Å². The van der Waals surface area contributed by atoms with E-state index in [1.165, 1.54) is 12.5 Å². The van der Waals surface area contributed by atoms with E-state index in [0.29, 0.717) is 37.3 Å². The van der Waals surface area contributed by atoms with Gasteiger partial charge < -0.3 is 15.3 Å². The lowest BCUT2D eigenvalue weighted by Gasteiger charge is -2.34. The Balaban J connectivity index is 1.59. The van der Waals surface area contributed by atoms with E-state index in [-0.39, 0.29) is 11.8 Å². The van der Waals surface area contributed by atoms with E-state index in [1.54, 1.807) is 17.0 Å². The van der Waals surface area contributed by atoms with Gasteiger partial charge in [-0.2, -0.15) is 0 Å². The molecule has 2 N–H and O–H groups in total. The van der Waals surface area contributed by atoms with Gasteiger partial charge in [0.1, 0.15) is 0 Å². The summed E-state index contributed by atoms with van der Waals surface area (Å²) < 4.78 is 0. The number of aliphatic hydroxyl groups excluding tert-OH is 1. The van der Waals surface area contributed by atoms with E-state index >= 15 is 0 Å². The van der Waals surface area contributed by atoms with Gasteiger partial charge in [0, 0.05) is 50.9 Å². The number of nitrogens with one attached hydrogen (secondary N) is 1. The molecular weight excluding hydrogens is 366 g/mol. The van der Waals surface area contributed by atoms with Gasteiger partial charge in [0.2, 0.25) is 5.91 Å². The second kappa shape index (κ2) is 9.20. The lowest BCUT2D eigenvalue weighted by Crippen LogP contribution is -2.46. The summed E-state index contributed by atoms with van der Waals surface area (Å²) in [7, 11) is 0. The number of benzene rings is 1. The molecule has 2 heterocycles. The first-order valence-corrected chi connectivity index (χ1v) is 9.98. The van der Waals surface area contributed by atoms with Gasteiger partial charge in [-0.3, -0.25) is 14.5 Å². The number of β-amino-alcohol motifs (C(OH)–C–C–N with tert-alkyl or cyclic N) is 1. The molecule has 0 radical (unpaired) electrons. The highest BCUT2D eigenvalue weighted by Crippen LogP contribution is 2.24. The van der Waals surface area contributed by atoms with Crippen molar-refractivity contribution in [2.75, 3.05) is 38.0 Å². The average molecular weight is 396 g/mol. The van der Waals surface area contributed by atoms with Gasteiger partial charge in [-0.25, -0.2) is 0 Å². The van der Waals surface area contributed by atoms with Crippen LogP contribution in [0.1, 0.15) is 29.3 Å². The number of rotatable bonds is 7. The molecule has 0 fully saturated rings. The maximum absolute atomic E-state index is 12.8. The predicted octanol–water partition coefficient (Wildman–Crippen LogP) is 2.38. The van der Waals surface area contributed by atoms with Crippen LogP contribution < -0.4 is 5.32 Å². The number of hydrogen-bond acceptors (Lipinski definition) is 4. The second-order valence-electron chi connectivity index (χ2n) is 7.65. The maximum Gasteiger partial charge on any atom is 0.254 e. The molecule has 6 heteroatoms. The number of hydrogen-bond donors (Lipinski definition) is 2. The molecule has 0 aromatic heterocycles. The fourth-order valence-corrected chi connectivity index (χ4v) is 4.05. The van der Waals surface area contributed by atoms with Gasteiger partial charge in [0.15, 0.2) is 0 Å². The molecule has 0 saturated heterocycles. The molecule has 2 aliphatic rings. The minimum Gasteiger partial charge on any atom is -0.390 e. The minimum absolute atomic E-state index is 0.0704. The van der Waals surface area contributed by atoms with E-state index < -0.39 is 6.10 Å². The number of carbonyl (C=O) groups is 2. The molecule has 1 atom stereocenters. The molecule has 0 aliphatic carbocycles. The van der Waals surface area contributed by atoms with Gasteiger partial charge in [-0.15, -0.1) is 0 Å². The molecule has 1 unspecified atom stereocenters. The van der Waals surface area contributed by atoms with Crippen LogP contribution in [-0.4, -0.2) is 65.5 Å². The monoisotopic (exact) mass is 395 g/mol.